The molecule has 5 rings (SSSR count). The van der Waals surface area contributed by atoms with Crippen LogP contribution in [0.25, 0.3) is 0 Å². The number of amides is 2. The Balaban J connectivity index is 1.33. The number of nitrogens with one attached hydrogen (secondary N) is 1. The van der Waals surface area contributed by atoms with Crippen molar-refractivity contribution >= 4 is 23.3 Å². The number of carbonyl (C=O) groups excluding carboxylic acids is 1. The monoisotopic (exact) mass is 380 g/mol. The van der Waals surface area contributed by atoms with Crippen molar-refractivity contribution in [3.63, 3.8) is 0 Å². The molecule has 7 heteroatoms. The van der Waals surface area contributed by atoms with E-state index in [1.165, 1.54) is 38.5 Å². The van der Waals surface area contributed by atoms with E-state index in [-0.39, 0.29) is 16.9 Å². The molecule has 0 aromatic heterocycles. The molecule has 4 aliphatic rings. The lowest BCUT2D eigenvalue weighted by molar-refractivity contribution is -0.00971. The average Bonchev–Trinajstić information content (AvgIpc) is 2.67. The Morgan fingerprint density at radius 1 is 1.15 bits per heavy atom. The second kappa shape index (κ2) is 7.33. The fourth-order valence-corrected chi connectivity index (χ4v) is 4.75. The number of fused-ring (bicyclic) bond motifs is 3. The third kappa shape index (κ3) is 3.55. The number of hydrogen-bond donors (Lipinski definition) is 1. The molecule has 2 bridgehead atoms. The van der Waals surface area contributed by atoms with Gasteiger partial charge in [0.25, 0.3) is 0 Å². The predicted octanol–water partition coefficient (Wildman–Crippen LogP) is 3.03. The average molecular weight is 381 g/mol. The van der Waals surface area contributed by atoms with Gasteiger partial charge >= 0.3 is 6.03 Å². The van der Waals surface area contributed by atoms with E-state index in [0.717, 1.165) is 19.0 Å². The molecule has 0 spiro atoms. The number of nitrogens with zero attached hydrogens (tertiary/aromatic N) is 3. The van der Waals surface area contributed by atoms with Crippen LogP contribution in [-0.4, -0.2) is 72.6 Å². The van der Waals surface area contributed by atoms with Crippen molar-refractivity contribution in [2.24, 2.45) is 5.92 Å². The number of piperidine rings is 3. The molecule has 5 nitrogen and oxygen atoms in total. The molecule has 4 aliphatic heterocycles. The number of hydrogen-bond acceptors (Lipinski definition) is 3. The normalized spacial score (nSPS) is 29.0. The van der Waals surface area contributed by atoms with Crippen LogP contribution in [0.15, 0.2) is 12.1 Å². The Kier molecular flexibility index (Phi) is 5.08. The van der Waals surface area contributed by atoms with Crippen LogP contribution >= 0.6 is 11.6 Å². The highest BCUT2D eigenvalue weighted by Gasteiger charge is 2.38. The van der Waals surface area contributed by atoms with Gasteiger partial charge in [-0.2, -0.15) is 0 Å². The van der Waals surface area contributed by atoms with E-state index in [1.54, 1.807) is 13.0 Å². The Morgan fingerprint density at radius 2 is 1.85 bits per heavy atom. The Bertz CT molecular complexity index is 684. The lowest BCUT2D eigenvalue weighted by Crippen LogP contribution is -2.61. The highest BCUT2D eigenvalue weighted by molar-refractivity contribution is 6.33. The molecule has 4 heterocycles. The quantitative estimate of drug-likeness (QED) is 0.857. The maximum atomic E-state index is 13.5. The van der Waals surface area contributed by atoms with Gasteiger partial charge in [0.2, 0.25) is 0 Å². The van der Waals surface area contributed by atoms with Crippen LogP contribution in [0, 0.1) is 18.7 Å². The number of halogens is 2. The van der Waals surface area contributed by atoms with E-state index < -0.39 is 0 Å². The number of anilines is 1. The topological polar surface area (TPSA) is 38.8 Å². The first-order valence-corrected chi connectivity index (χ1v) is 9.87. The Hall–Kier alpha value is -1.37. The second-order valence-electron chi connectivity index (χ2n) is 7.74. The van der Waals surface area contributed by atoms with E-state index in [0.29, 0.717) is 30.4 Å². The number of urea groups is 1. The molecule has 1 aromatic rings. The maximum Gasteiger partial charge on any atom is 0.321 e. The van der Waals surface area contributed by atoms with Gasteiger partial charge < -0.3 is 15.1 Å². The molecule has 0 saturated carbocycles. The zero-order valence-electron chi connectivity index (χ0n) is 15.2. The zero-order chi connectivity index (χ0) is 18.3. The van der Waals surface area contributed by atoms with Crippen LogP contribution < -0.4 is 5.32 Å². The minimum Gasteiger partial charge on any atom is -0.322 e. The van der Waals surface area contributed by atoms with E-state index in [4.69, 9.17) is 11.6 Å². The van der Waals surface area contributed by atoms with E-state index in [1.807, 2.05) is 4.90 Å². The molecule has 1 N–H and O–H groups in total. The summed E-state index contributed by atoms with van der Waals surface area (Å²) in [6, 6.07) is 3.32. The van der Waals surface area contributed by atoms with Crippen LogP contribution in [0.5, 0.6) is 0 Å². The van der Waals surface area contributed by atoms with Crippen molar-refractivity contribution in [3.8, 4) is 0 Å². The van der Waals surface area contributed by atoms with Crippen LogP contribution in [0.4, 0.5) is 14.9 Å². The number of aryl methyl sites for hydroxylation is 1. The van der Waals surface area contributed by atoms with Gasteiger partial charge in [-0.1, -0.05) is 11.6 Å². The second-order valence-corrected chi connectivity index (χ2v) is 8.15. The fourth-order valence-electron chi connectivity index (χ4n) is 4.55. The highest BCUT2D eigenvalue weighted by Crippen LogP contribution is 2.31. The molecule has 0 unspecified atom stereocenters. The summed E-state index contributed by atoms with van der Waals surface area (Å²) in [6.07, 6.45) is 2.63. The van der Waals surface area contributed by atoms with Gasteiger partial charge in [-0.15, -0.1) is 0 Å². The van der Waals surface area contributed by atoms with E-state index >= 15 is 0 Å². The van der Waals surface area contributed by atoms with Crippen molar-refractivity contribution in [3.05, 3.63) is 28.5 Å². The molecule has 0 radical (unpaired) electrons. The summed E-state index contributed by atoms with van der Waals surface area (Å²) in [4.78, 5) is 19.5. The van der Waals surface area contributed by atoms with E-state index in [9.17, 15) is 9.18 Å². The van der Waals surface area contributed by atoms with Crippen LogP contribution in [0.3, 0.4) is 0 Å². The van der Waals surface area contributed by atoms with Crippen LogP contribution in [0.2, 0.25) is 5.02 Å². The molecule has 4 saturated heterocycles. The summed E-state index contributed by atoms with van der Waals surface area (Å²) >= 11 is 6.06. The number of benzene rings is 1. The largest absolute Gasteiger partial charge is 0.322 e. The molecule has 1 aromatic carbocycles. The van der Waals surface area contributed by atoms with Gasteiger partial charge in [-0.25, -0.2) is 9.18 Å². The lowest BCUT2D eigenvalue weighted by atomic mass is 9.83. The first-order chi connectivity index (χ1) is 12.5. The molecule has 26 heavy (non-hydrogen) atoms. The standard InChI is InChI=1S/C19H26ClFN4O/c1-13-10-17(15(20)11-16(13)21)22-19(26)25-8-6-24(7-9-25)18-12-23-4-2-14(18)3-5-23/h10-11,14,18H,2-9,12H2,1H3,(H,22,26)/t18-/m0/s1. The van der Waals surface area contributed by atoms with Crippen molar-refractivity contribution < 1.29 is 9.18 Å². The summed E-state index contributed by atoms with van der Waals surface area (Å²) in [5.41, 5.74) is 0.937. The first kappa shape index (κ1) is 18.0. The van der Waals surface area contributed by atoms with Gasteiger partial charge in [0.05, 0.1) is 10.7 Å². The predicted molar refractivity (Wildman–Crippen MR) is 101 cm³/mol. The molecular formula is C19H26ClFN4O. The summed E-state index contributed by atoms with van der Waals surface area (Å²) < 4.78 is 13.5. The number of rotatable bonds is 2. The van der Waals surface area contributed by atoms with Crippen molar-refractivity contribution in [2.45, 2.75) is 25.8 Å². The van der Waals surface area contributed by atoms with Crippen molar-refractivity contribution in [2.75, 3.05) is 51.1 Å². The van der Waals surface area contributed by atoms with Gasteiger partial charge in [-0.05, 0) is 56.5 Å². The maximum absolute atomic E-state index is 13.5. The summed E-state index contributed by atoms with van der Waals surface area (Å²) in [7, 11) is 0. The minimum atomic E-state index is -0.362. The van der Waals surface area contributed by atoms with E-state index in [2.05, 4.69) is 15.1 Å². The lowest BCUT2D eigenvalue weighted by Gasteiger charge is -2.50. The molecule has 2 amide bonds. The third-order valence-electron chi connectivity index (χ3n) is 6.18. The molecule has 1 atom stereocenters. The number of piperazine rings is 1. The van der Waals surface area contributed by atoms with Gasteiger partial charge in [0, 0.05) is 38.8 Å². The van der Waals surface area contributed by atoms with Gasteiger partial charge in [0.15, 0.2) is 0 Å². The number of carbonyl (C=O) groups is 1. The minimum absolute atomic E-state index is 0.161. The smallest absolute Gasteiger partial charge is 0.321 e. The molecular weight excluding hydrogens is 355 g/mol. The van der Waals surface area contributed by atoms with Gasteiger partial charge in [-0.3, -0.25) is 4.90 Å². The van der Waals surface area contributed by atoms with Crippen molar-refractivity contribution in [1.29, 1.82) is 0 Å². The SMILES string of the molecule is Cc1cc(NC(=O)N2CCN([C@H]3CN4CCC3CC4)CC2)c(Cl)cc1F. The third-order valence-corrected chi connectivity index (χ3v) is 6.49. The van der Waals surface area contributed by atoms with Crippen LogP contribution in [0.1, 0.15) is 18.4 Å². The Morgan fingerprint density at radius 3 is 2.46 bits per heavy atom. The molecule has 0 aliphatic carbocycles. The van der Waals surface area contributed by atoms with Gasteiger partial charge in [0.1, 0.15) is 5.82 Å². The Labute approximate surface area is 159 Å². The molecule has 142 valence electrons. The van der Waals surface area contributed by atoms with Crippen LogP contribution in [-0.2, 0) is 0 Å². The summed E-state index contributed by atoms with van der Waals surface area (Å²) in [5, 5.41) is 3.06. The van der Waals surface area contributed by atoms with Crippen molar-refractivity contribution in [1.82, 2.24) is 14.7 Å². The summed E-state index contributed by atoms with van der Waals surface area (Å²) in [5.74, 6) is 0.459. The molecule has 4 fully saturated rings. The zero-order valence-corrected chi connectivity index (χ0v) is 15.9. The highest BCUT2D eigenvalue weighted by atomic mass is 35.5. The first-order valence-electron chi connectivity index (χ1n) is 9.49. The summed E-state index contributed by atoms with van der Waals surface area (Å²) in [6.45, 7) is 8.61. The fraction of sp³-hybridized carbons (Fsp3) is 0.632.